The normalized spacial score (nSPS) is 12.8. The van der Waals surface area contributed by atoms with Crippen LogP contribution in [0.3, 0.4) is 0 Å². The first kappa shape index (κ1) is 28.0. The van der Waals surface area contributed by atoms with Crippen molar-refractivity contribution >= 4 is 0 Å². The summed E-state index contributed by atoms with van der Waals surface area (Å²) < 4.78 is 0. The van der Waals surface area contributed by atoms with Gasteiger partial charge in [-0.15, -0.1) is 0 Å². The van der Waals surface area contributed by atoms with E-state index < -0.39 is 0 Å². The zero-order valence-electron chi connectivity index (χ0n) is 20.2. The summed E-state index contributed by atoms with van der Waals surface area (Å²) >= 11 is 0. The predicted octanol–water partition coefficient (Wildman–Crippen LogP) is 9.61. The molecule has 1 atom stereocenters. The Balaban J connectivity index is 3.75. The van der Waals surface area contributed by atoms with Crippen LogP contribution in [0.25, 0.3) is 0 Å². The van der Waals surface area contributed by atoms with E-state index in [0.29, 0.717) is 5.92 Å². The summed E-state index contributed by atoms with van der Waals surface area (Å²) in [6.07, 6.45) is 29.5. The summed E-state index contributed by atoms with van der Waals surface area (Å²) in [7, 11) is 0. The van der Waals surface area contributed by atoms with Gasteiger partial charge in [-0.2, -0.15) is 0 Å². The van der Waals surface area contributed by atoms with Crippen molar-refractivity contribution in [2.75, 3.05) is 0 Å². The number of aliphatic hydroxyl groups is 1. The zero-order chi connectivity index (χ0) is 20.7. The van der Waals surface area contributed by atoms with Crippen LogP contribution < -0.4 is 0 Å². The van der Waals surface area contributed by atoms with E-state index in [1.54, 1.807) is 0 Å². The molecule has 0 bridgehead atoms. The Morgan fingerprint density at radius 3 is 1.07 bits per heavy atom. The van der Waals surface area contributed by atoms with Gasteiger partial charge in [0.05, 0.1) is 6.10 Å². The van der Waals surface area contributed by atoms with Gasteiger partial charge in [0.1, 0.15) is 0 Å². The molecule has 0 aliphatic rings. The number of unbranched alkanes of at least 4 members (excludes halogenated alkanes) is 16. The van der Waals surface area contributed by atoms with Crippen molar-refractivity contribution in [3.05, 3.63) is 0 Å². The summed E-state index contributed by atoms with van der Waals surface area (Å²) in [5, 5.41) is 10.8. The number of hydrogen-bond acceptors (Lipinski definition) is 1. The zero-order valence-corrected chi connectivity index (χ0v) is 20.2. The average molecular weight is 397 g/mol. The van der Waals surface area contributed by atoms with E-state index in [1.165, 1.54) is 135 Å². The molecule has 170 valence electrons. The summed E-state index contributed by atoms with van der Waals surface area (Å²) in [5.41, 5.74) is 0. The lowest BCUT2D eigenvalue weighted by Gasteiger charge is -2.23. The lowest BCUT2D eigenvalue weighted by atomic mass is 9.87. The van der Waals surface area contributed by atoms with Crippen LogP contribution in [0.2, 0.25) is 0 Å². The Kier molecular flexibility index (Phi) is 23.2. The molecule has 0 spiro atoms. The van der Waals surface area contributed by atoms with E-state index in [0.717, 1.165) is 6.42 Å². The molecule has 1 N–H and O–H groups in total. The van der Waals surface area contributed by atoms with E-state index in [4.69, 9.17) is 0 Å². The maximum atomic E-state index is 10.8. The predicted molar refractivity (Wildman–Crippen MR) is 128 cm³/mol. The molecule has 0 rings (SSSR count). The molecule has 0 fully saturated rings. The Labute approximate surface area is 179 Å². The van der Waals surface area contributed by atoms with Crippen LogP contribution in [-0.4, -0.2) is 11.2 Å². The lowest BCUT2D eigenvalue weighted by molar-refractivity contribution is 0.0830. The molecule has 1 nitrogen and oxygen atoms in total. The highest BCUT2D eigenvalue weighted by Crippen LogP contribution is 2.25. The van der Waals surface area contributed by atoms with E-state index in [-0.39, 0.29) is 6.10 Å². The highest BCUT2D eigenvalue weighted by atomic mass is 16.3. The standard InChI is InChI=1S/C27H56O/c1-4-7-10-13-14-15-16-17-18-19-22-25-27(28)26(23-20-11-8-5-2)24-21-12-9-6-3/h26-28H,4-25H2,1-3H3. The van der Waals surface area contributed by atoms with Crippen molar-refractivity contribution in [2.24, 2.45) is 5.92 Å². The first-order chi connectivity index (χ1) is 13.8. The molecule has 0 aromatic heterocycles. The highest BCUT2D eigenvalue weighted by Gasteiger charge is 2.18. The molecule has 0 aliphatic carbocycles. The first-order valence-electron chi connectivity index (χ1n) is 13.4. The number of rotatable bonds is 23. The average Bonchev–Trinajstić information content (AvgIpc) is 2.70. The SMILES string of the molecule is CCCCCCCCCCCCCC(O)C(CCCCCC)CCCCCC. The van der Waals surface area contributed by atoms with Gasteiger partial charge in [-0.05, 0) is 25.2 Å². The van der Waals surface area contributed by atoms with Gasteiger partial charge in [0.2, 0.25) is 0 Å². The second-order valence-corrected chi connectivity index (χ2v) is 9.35. The Morgan fingerprint density at radius 1 is 0.393 bits per heavy atom. The number of hydrogen-bond donors (Lipinski definition) is 1. The molecule has 0 saturated carbocycles. The molecule has 0 aromatic carbocycles. The second kappa shape index (κ2) is 23.2. The van der Waals surface area contributed by atoms with Crippen LogP contribution in [-0.2, 0) is 0 Å². The van der Waals surface area contributed by atoms with Crippen LogP contribution >= 0.6 is 0 Å². The summed E-state index contributed by atoms with van der Waals surface area (Å²) in [4.78, 5) is 0. The van der Waals surface area contributed by atoms with Crippen LogP contribution in [0.15, 0.2) is 0 Å². The van der Waals surface area contributed by atoms with E-state index in [9.17, 15) is 5.11 Å². The number of aliphatic hydroxyl groups excluding tert-OH is 1. The monoisotopic (exact) mass is 396 g/mol. The van der Waals surface area contributed by atoms with Crippen molar-refractivity contribution in [1.29, 1.82) is 0 Å². The molecule has 0 amide bonds. The van der Waals surface area contributed by atoms with Crippen LogP contribution in [0, 0.1) is 5.92 Å². The summed E-state index contributed by atoms with van der Waals surface area (Å²) in [6.45, 7) is 6.85. The van der Waals surface area contributed by atoms with Crippen molar-refractivity contribution in [3.8, 4) is 0 Å². The minimum atomic E-state index is -0.0400. The summed E-state index contributed by atoms with van der Waals surface area (Å²) in [6, 6.07) is 0. The fourth-order valence-electron chi connectivity index (χ4n) is 4.45. The molecular formula is C27H56O. The fraction of sp³-hybridized carbons (Fsp3) is 1.00. The van der Waals surface area contributed by atoms with Crippen molar-refractivity contribution in [2.45, 2.75) is 168 Å². The van der Waals surface area contributed by atoms with Crippen molar-refractivity contribution < 1.29 is 5.11 Å². The molecule has 0 heterocycles. The summed E-state index contributed by atoms with van der Waals surface area (Å²) in [5.74, 6) is 0.567. The van der Waals surface area contributed by atoms with Gasteiger partial charge < -0.3 is 5.11 Å². The highest BCUT2D eigenvalue weighted by molar-refractivity contribution is 4.70. The minimum absolute atomic E-state index is 0.0400. The smallest absolute Gasteiger partial charge is 0.0568 e. The maximum absolute atomic E-state index is 10.8. The van der Waals surface area contributed by atoms with Crippen LogP contribution in [0.5, 0.6) is 0 Å². The molecular weight excluding hydrogens is 340 g/mol. The van der Waals surface area contributed by atoms with Crippen LogP contribution in [0.1, 0.15) is 162 Å². The van der Waals surface area contributed by atoms with Gasteiger partial charge >= 0.3 is 0 Å². The minimum Gasteiger partial charge on any atom is -0.393 e. The third kappa shape index (κ3) is 19.3. The molecule has 28 heavy (non-hydrogen) atoms. The fourth-order valence-corrected chi connectivity index (χ4v) is 4.45. The Bertz CT molecular complexity index is 263. The first-order valence-corrected chi connectivity index (χ1v) is 13.4. The third-order valence-corrected chi connectivity index (χ3v) is 6.50. The van der Waals surface area contributed by atoms with E-state index in [1.807, 2.05) is 0 Å². The van der Waals surface area contributed by atoms with Gasteiger partial charge in [0, 0.05) is 0 Å². The topological polar surface area (TPSA) is 20.2 Å². The van der Waals surface area contributed by atoms with Gasteiger partial charge in [-0.1, -0.05) is 143 Å². The van der Waals surface area contributed by atoms with Crippen molar-refractivity contribution in [1.82, 2.24) is 0 Å². The molecule has 0 aliphatic heterocycles. The van der Waals surface area contributed by atoms with Gasteiger partial charge in [0.25, 0.3) is 0 Å². The Hall–Kier alpha value is -0.0400. The van der Waals surface area contributed by atoms with E-state index in [2.05, 4.69) is 20.8 Å². The van der Waals surface area contributed by atoms with E-state index >= 15 is 0 Å². The molecule has 0 aromatic rings. The maximum Gasteiger partial charge on any atom is 0.0568 e. The largest absolute Gasteiger partial charge is 0.393 e. The van der Waals surface area contributed by atoms with Gasteiger partial charge in [0.15, 0.2) is 0 Å². The lowest BCUT2D eigenvalue weighted by Crippen LogP contribution is -2.20. The molecule has 1 unspecified atom stereocenters. The van der Waals surface area contributed by atoms with Gasteiger partial charge in [-0.3, -0.25) is 0 Å². The molecule has 0 radical (unpaired) electrons. The second-order valence-electron chi connectivity index (χ2n) is 9.35. The third-order valence-electron chi connectivity index (χ3n) is 6.50. The quantitative estimate of drug-likeness (QED) is 0.170. The van der Waals surface area contributed by atoms with Crippen LogP contribution in [0.4, 0.5) is 0 Å². The van der Waals surface area contributed by atoms with Crippen molar-refractivity contribution in [3.63, 3.8) is 0 Å². The molecule has 0 saturated heterocycles. The molecule has 1 heteroatoms. The van der Waals surface area contributed by atoms with Gasteiger partial charge in [-0.25, -0.2) is 0 Å². The Morgan fingerprint density at radius 2 is 0.679 bits per heavy atom.